The number of hydrogen-bond acceptors (Lipinski definition) is 13. The molecule has 1 atom stereocenters. The molecule has 362 valence electrons. The van der Waals surface area contributed by atoms with Gasteiger partial charge < -0.3 is 44.5 Å². The van der Waals surface area contributed by atoms with Crippen molar-refractivity contribution in [1.82, 2.24) is 0 Å². The minimum atomic E-state index is -3.11. The second kappa shape index (κ2) is 23.8. The molecule has 0 N–H and O–H groups in total. The van der Waals surface area contributed by atoms with Crippen LogP contribution in [0.3, 0.4) is 0 Å². The van der Waals surface area contributed by atoms with Gasteiger partial charge in [-0.1, -0.05) is 91.0 Å². The molecule has 0 saturated carbocycles. The predicted octanol–water partition coefficient (Wildman–Crippen LogP) is 12.7. The molecule has 0 saturated heterocycles. The summed E-state index contributed by atoms with van der Waals surface area (Å²) < 4.78 is 74.1. The Kier molecular flexibility index (Phi) is 21.7. The van der Waals surface area contributed by atoms with Gasteiger partial charge in [-0.05, 0) is 172 Å². The van der Waals surface area contributed by atoms with Crippen LogP contribution in [-0.4, -0.2) is 91.1 Å². The van der Waals surface area contributed by atoms with Gasteiger partial charge in [-0.3, -0.25) is 0 Å². The third-order valence-corrected chi connectivity index (χ3v) is 49.0. The van der Waals surface area contributed by atoms with Gasteiger partial charge in [0.05, 0.1) is 0 Å². The molecule has 1 unspecified atom stereocenters. The van der Waals surface area contributed by atoms with Crippen LogP contribution in [0.5, 0.6) is 0 Å². The van der Waals surface area contributed by atoms with Crippen molar-refractivity contribution >= 4 is 115 Å². The van der Waals surface area contributed by atoms with Gasteiger partial charge in [0.25, 0.3) is 0 Å². The van der Waals surface area contributed by atoms with Crippen molar-refractivity contribution in [2.45, 2.75) is 143 Å². The van der Waals surface area contributed by atoms with E-state index >= 15 is 0 Å². The van der Waals surface area contributed by atoms with Crippen LogP contribution in [0.1, 0.15) is 11.1 Å². The molecule has 0 heterocycles. The van der Waals surface area contributed by atoms with Crippen LogP contribution in [0.15, 0.2) is 91.0 Å². The van der Waals surface area contributed by atoms with E-state index in [1.54, 1.807) is 0 Å². The van der Waals surface area contributed by atoms with E-state index in [4.69, 9.17) is 44.5 Å². The van der Waals surface area contributed by atoms with Gasteiger partial charge in [0.15, 0.2) is 8.32 Å². The summed E-state index contributed by atoms with van der Waals surface area (Å²) in [5, 5.41) is 1.02. The maximum absolute atomic E-state index is 7.16. The molecule has 3 aromatic rings. The van der Waals surface area contributed by atoms with Crippen molar-refractivity contribution in [3.8, 4) is 0 Å². The number of benzene rings is 3. The number of rotatable bonds is 29. The normalized spacial score (nSPS) is 15.0. The first-order valence-electron chi connectivity index (χ1n) is 22.2. The third-order valence-electron chi connectivity index (χ3n) is 9.06. The van der Waals surface area contributed by atoms with Gasteiger partial charge >= 0.3 is 77.0 Å². The molecule has 3 aromatic carbocycles. The third kappa shape index (κ3) is 23.1. The van der Waals surface area contributed by atoms with Crippen molar-refractivity contribution in [2.75, 3.05) is 5.75 Å². The second-order valence-electron chi connectivity index (χ2n) is 20.4. The summed E-state index contributed by atoms with van der Waals surface area (Å²) in [6.45, 7) is 39.7. The molecule has 0 aliphatic heterocycles. The summed E-state index contributed by atoms with van der Waals surface area (Å²) in [7, 11) is -26.8. The lowest BCUT2D eigenvalue weighted by Crippen LogP contribution is -2.65. The van der Waals surface area contributed by atoms with E-state index in [1.807, 2.05) is 63.5 Å². The number of aryl methyl sites for hydroxylation is 2. The number of hydrogen-bond donors (Lipinski definition) is 0. The van der Waals surface area contributed by atoms with Crippen LogP contribution in [0.4, 0.5) is 0 Å². The second-order valence-corrected chi connectivity index (χ2v) is 58.6. The van der Waals surface area contributed by atoms with Crippen LogP contribution in [0, 0.1) is 0 Å². The zero-order valence-electron chi connectivity index (χ0n) is 42.3. The Morgan fingerprint density at radius 3 is 1.09 bits per heavy atom. The first kappa shape index (κ1) is 58.4. The highest BCUT2D eigenvalue weighted by atomic mass is 32.2. The molecule has 64 heavy (non-hydrogen) atoms. The average molecular weight is 1090 g/mol. The predicted molar refractivity (Wildman–Crippen MR) is 292 cm³/mol. The molecule has 0 spiro atoms. The van der Waals surface area contributed by atoms with Gasteiger partial charge in [0, 0.05) is 5.75 Å². The average Bonchev–Trinajstić information content (AvgIpc) is 3.10. The molecule has 0 aliphatic rings. The van der Waals surface area contributed by atoms with Crippen LogP contribution < -0.4 is 5.19 Å². The monoisotopic (exact) mass is 1090 g/mol. The highest BCUT2D eigenvalue weighted by molar-refractivity contribution is 7.95. The van der Waals surface area contributed by atoms with Crippen LogP contribution in [-0.2, 0) is 57.4 Å². The largest absolute Gasteiger partial charge is 0.436 e. The fourth-order valence-electron chi connectivity index (χ4n) is 7.91. The quantitative estimate of drug-likeness (QED) is 0.0375. The van der Waals surface area contributed by atoms with Crippen molar-refractivity contribution in [1.29, 1.82) is 0 Å². The summed E-state index contributed by atoms with van der Waals surface area (Å²) in [4.78, 5) is 0. The van der Waals surface area contributed by atoms with Crippen molar-refractivity contribution in [3.05, 3.63) is 102 Å². The zero-order valence-corrected chi connectivity index (χ0v) is 53.9. The fraction of sp³-hybridized carbons (Fsp3) is 0.561. The lowest BCUT2D eigenvalue weighted by atomic mass is 10.2. The maximum atomic E-state index is 7.16. The Hall–Kier alpha value is 0.0888. The molecule has 0 bridgehead atoms. The standard InChI is InChI=1S/C41H80O11S2Si10/c1-55(2,38-36-40-31-25-21-26-32-40)45-59(9,10)49-60(11,12)47-57(5,6)43-54-44-58(7,8)48-61(13,14)50-63(17,18)52-64(19,41-33-27-22-28-34-41)51-62(15,16)46-56(3,4)42-53-37-35-39-29-23-20-24-30-39/h20-34H,35-38H2,1-19H3. The molecule has 0 fully saturated rings. The van der Waals surface area contributed by atoms with Crippen LogP contribution >= 0.6 is 24.4 Å². The van der Waals surface area contributed by atoms with Crippen molar-refractivity contribution < 1.29 is 44.5 Å². The van der Waals surface area contributed by atoms with Gasteiger partial charge in [0.1, 0.15) is 12.3 Å². The summed E-state index contributed by atoms with van der Waals surface area (Å²) in [5.74, 6) is 0.845. The first-order chi connectivity index (χ1) is 29.1. The van der Waals surface area contributed by atoms with E-state index in [-0.39, 0.29) is 0 Å². The zero-order chi connectivity index (χ0) is 48.4. The minimum Gasteiger partial charge on any atom is -0.436 e. The Morgan fingerprint density at radius 2 is 0.672 bits per heavy atom. The highest BCUT2D eigenvalue weighted by Crippen LogP contribution is 2.32. The molecular weight excluding hydrogens is 1010 g/mol. The minimum absolute atomic E-state index is 0.845. The SMILES string of the molecule is C[Si](C)(CCc1ccccc1)O[Si](C)(C)O[Si](C)(C)O[Si](C)(C)OSO[Si](C)(C)O[Si](C)(C)O[Si](C)(C)O[Si](C)(O[Si](C)(C)O[Si](C)(C)OSCCc1ccccc1)c1ccccc1. The van der Waals surface area contributed by atoms with E-state index in [0.29, 0.717) is 0 Å². The fourth-order valence-corrected chi connectivity index (χ4v) is 55.6. The molecule has 0 aliphatic carbocycles. The topological polar surface area (TPSA) is 102 Å². The van der Waals surface area contributed by atoms with Gasteiger partial charge in [0.2, 0.25) is 0 Å². The lowest BCUT2D eigenvalue weighted by Gasteiger charge is -2.44. The molecular formula is C41H80O11S2Si10. The van der Waals surface area contributed by atoms with Crippen LogP contribution in [0.2, 0.25) is 130 Å². The van der Waals surface area contributed by atoms with Gasteiger partial charge in [-0.15, -0.1) is 0 Å². The highest BCUT2D eigenvalue weighted by Gasteiger charge is 2.51. The van der Waals surface area contributed by atoms with E-state index in [2.05, 4.69) is 152 Å². The molecule has 0 amide bonds. The Labute approximate surface area is 407 Å². The van der Waals surface area contributed by atoms with E-state index in [1.165, 1.54) is 23.2 Å². The molecule has 23 heteroatoms. The van der Waals surface area contributed by atoms with Crippen molar-refractivity contribution in [2.24, 2.45) is 0 Å². The Morgan fingerprint density at radius 1 is 0.344 bits per heavy atom. The maximum Gasteiger partial charge on any atom is 0.351 e. The van der Waals surface area contributed by atoms with Crippen LogP contribution in [0.25, 0.3) is 0 Å². The van der Waals surface area contributed by atoms with E-state index < -0.39 is 85.4 Å². The smallest absolute Gasteiger partial charge is 0.351 e. The van der Waals surface area contributed by atoms with E-state index in [0.717, 1.165) is 42.1 Å². The summed E-state index contributed by atoms with van der Waals surface area (Å²) >= 11 is 2.44. The molecule has 0 aromatic heterocycles. The van der Waals surface area contributed by atoms with Gasteiger partial charge in [-0.25, -0.2) is 0 Å². The molecule has 0 radical (unpaired) electrons. The summed E-state index contributed by atoms with van der Waals surface area (Å²) in [6.07, 6.45) is 1.93. The summed E-state index contributed by atoms with van der Waals surface area (Å²) in [5.41, 5.74) is 2.63. The first-order valence-corrected chi connectivity index (χ1v) is 51.8. The van der Waals surface area contributed by atoms with E-state index in [9.17, 15) is 0 Å². The lowest BCUT2D eigenvalue weighted by molar-refractivity contribution is 0.272. The summed E-state index contributed by atoms with van der Waals surface area (Å²) in [6, 6.07) is 32.3. The Balaban J connectivity index is 1.57. The van der Waals surface area contributed by atoms with Gasteiger partial charge in [-0.2, -0.15) is 0 Å². The molecule has 11 nitrogen and oxygen atoms in total. The van der Waals surface area contributed by atoms with Crippen molar-refractivity contribution in [3.63, 3.8) is 0 Å². The molecule has 3 rings (SSSR count). The Bertz CT molecular complexity index is 1850.